The lowest BCUT2D eigenvalue weighted by Gasteiger charge is -2.46. The van der Waals surface area contributed by atoms with E-state index in [0.717, 1.165) is 12.8 Å². The van der Waals surface area contributed by atoms with Gasteiger partial charge in [0.1, 0.15) is 0 Å². The Kier molecular flexibility index (Phi) is 5.99. The molecule has 21 heavy (non-hydrogen) atoms. The zero-order valence-corrected chi connectivity index (χ0v) is 15.3. The van der Waals surface area contributed by atoms with E-state index < -0.39 is 8.32 Å². The van der Waals surface area contributed by atoms with Crippen molar-refractivity contribution in [1.82, 2.24) is 4.90 Å². The zero-order chi connectivity index (χ0) is 16.3. The molecule has 0 aromatic rings. The smallest absolute Gasteiger partial charge is 0.223 e. The van der Waals surface area contributed by atoms with Crippen LogP contribution in [-0.4, -0.2) is 37.8 Å². The minimum Gasteiger partial charge on any atom is -0.412 e. The second-order valence-electron chi connectivity index (χ2n) is 7.38. The average Bonchev–Trinajstić information content (AvgIpc) is 2.35. The van der Waals surface area contributed by atoms with E-state index >= 15 is 0 Å². The van der Waals surface area contributed by atoms with Crippen LogP contribution in [0.5, 0.6) is 0 Å². The Morgan fingerprint density at radius 1 is 1.33 bits per heavy atom. The zero-order valence-electron chi connectivity index (χ0n) is 14.3. The molecule has 120 valence electrons. The molecule has 0 unspecified atom stereocenters. The summed E-state index contributed by atoms with van der Waals surface area (Å²) in [6, 6.07) is 0.0934. The maximum atomic E-state index is 12.2. The molecule has 1 amide bonds. The van der Waals surface area contributed by atoms with Crippen molar-refractivity contribution in [3.8, 4) is 0 Å². The molecular weight excluding hydrogens is 278 g/mol. The minimum atomic E-state index is -1.84. The topological polar surface area (TPSA) is 29.5 Å². The van der Waals surface area contributed by atoms with Crippen LogP contribution in [0.3, 0.4) is 0 Å². The van der Waals surface area contributed by atoms with Gasteiger partial charge in [-0.25, -0.2) is 0 Å². The lowest BCUT2D eigenvalue weighted by Crippen LogP contribution is -2.56. The van der Waals surface area contributed by atoms with Gasteiger partial charge in [-0.2, -0.15) is 0 Å². The Labute approximate surface area is 131 Å². The lowest BCUT2D eigenvalue weighted by molar-refractivity contribution is -0.140. The average molecular weight is 310 g/mol. The van der Waals surface area contributed by atoms with E-state index in [-0.39, 0.29) is 23.1 Å². The van der Waals surface area contributed by atoms with Crippen molar-refractivity contribution in [3.05, 3.63) is 25.3 Å². The van der Waals surface area contributed by atoms with E-state index in [1.54, 1.807) is 6.08 Å². The molecule has 1 saturated heterocycles. The van der Waals surface area contributed by atoms with Crippen LogP contribution in [0.15, 0.2) is 25.3 Å². The molecule has 0 spiro atoms. The predicted molar refractivity (Wildman–Crippen MR) is 91.8 cm³/mol. The van der Waals surface area contributed by atoms with Gasteiger partial charge in [-0.05, 0) is 31.0 Å². The summed E-state index contributed by atoms with van der Waals surface area (Å²) in [5.74, 6) is 0.205. The van der Waals surface area contributed by atoms with Gasteiger partial charge in [0.25, 0.3) is 0 Å². The molecule has 3 nitrogen and oxygen atoms in total. The molecule has 2 atom stereocenters. The van der Waals surface area contributed by atoms with E-state index in [0.29, 0.717) is 13.0 Å². The Morgan fingerprint density at radius 3 is 2.43 bits per heavy atom. The lowest BCUT2D eigenvalue weighted by atomic mass is 9.95. The molecule has 0 aromatic carbocycles. The molecule has 1 rings (SSSR count). The van der Waals surface area contributed by atoms with Crippen LogP contribution in [0.1, 0.15) is 40.0 Å². The number of piperidine rings is 1. The highest BCUT2D eigenvalue weighted by Gasteiger charge is 2.43. The monoisotopic (exact) mass is 309 g/mol. The van der Waals surface area contributed by atoms with E-state index in [4.69, 9.17) is 4.43 Å². The number of amides is 1. The highest BCUT2D eigenvalue weighted by Crippen LogP contribution is 2.39. The van der Waals surface area contributed by atoms with Crippen LogP contribution in [0.2, 0.25) is 18.1 Å². The van der Waals surface area contributed by atoms with Gasteiger partial charge in [0.2, 0.25) is 5.91 Å². The molecule has 1 aliphatic rings. The summed E-state index contributed by atoms with van der Waals surface area (Å²) < 4.78 is 6.60. The third kappa shape index (κ3) is 4.30. The quantitative estimate of drug-likeness (QED) is 0.545. The fourth-order valence-electron chi connectivity index (χ4n) is 2.51. The number of nitrogens with zero attached hydrogens (tertiary/aromatic N) is 1. The summed E-state index contributed by atoms with van der Waals surface area (Å²) >= 11 is 0. The first-order chi connectivity index (χ1) is 9.64. The first-order valence-corrected chi connectivity index (χ1v) is 10.7. The van der Waals surface area contributed by atoms with Crippen LogP contribution in [0.25, 0.3) is 0 Å². The van der Waals surface area contributed by atoms with E-state index in [9.17, 15) is 4.79 Å². The van der Waals surface area contributed by atoms with Gasteiger partial charge >= 0.3 is 0 Å². The van der Waals surface area contributed by atoms with Gasteiger partial charge in [-0.15, -0.1) is 13.2 Å². The van der Waals surface area contributed by atoms with Crippen molar-refractivity contribution in [2.75, 3.05) is 6.54 Å². The summed E-state index contributed by atoms with van der Waals surface area (Å²) in [5, 5.41) is 0.177. The number of likely N-dealkylation sites (tertiary alicyclic amines) is 1. The van der Waals surface area contributed by atoms with Crippen LogP contribution >= 0.6 is 0 Å². The highest BCUT2D eigenvalue weighted by atomic mass is 28.4. The number of hydrogen-bond donors (Lipinski definition) is 0. The van der Waals surface area contributed by atoms with Gasteiger partial charge < -0.3 is 9.33 Å². The highest BCUT2D eigenvalue weighted by molar-refractivity contribution is 6.74. The first-order valence-electron chi connectivity index (χ1n) is 7.83. The van der Waals surface area contributed by atoms with Gasteiger partial charge in [0.05, 0.1) is 12.1 Å². The van der Waals surface area contributed by atoms with Crippen LogP contribution in [0, 0.1) is 0 Å². The Bertz CT molecular complexity index is 398. The number of carbonyl (C=O) groups is 1. The maximum absolute atomic E-state index is 12.2. The summed E-state index contributed by atoms with van der Waals surface area (Å²) in [6.45, 7) is 19.5. The Morgan fingerprint density at radius 2 is 1.95 bits per heavy atom. The molecule has 1 fully saturated rings. The molecule has 0 aliphatic carbocycles. The molecule has 0 bridgehead atoms. The van der Waals surface area contributed by atoms with Crippen molar-refractivity contribution in [2.45, 2.75) is 70.3 Å². The molecular formula is C17H31NO2Si. The molecule has 0 radical (unpaired) electrons. The molecule has 1 heterocycles. The van der Waals surface area contributed by atoms with Crippen molar-refractivity contribution in [2.24, 2.45) is 0 Å². The van der Waals surface area contributed by atoms with Crippen LogP contribution in [0.4, 0.5) is 0 Å². The normalized spacial score (nSPS) is 24.0. The van der Waals surface area contributed by atoms with Gasteiger partial charge in [-0.1, -0.05) is 32.9 Å². The fraction of sp³-hybridized carbons (Fsp3) is 0.706. The SMILES string of the molecule is C=CC[C@H]1[C@@H](O[Si](C)(C)C(C)(C)C)CCC(=O)N1CC=C. The number of hydrogen-bond acceptors (Lipinski definition) is 2. The van der Waals surface area contributed by atoms with E-state index in [2.05, 4.69) is 47.0 Å². The van der Waals surface area contributed by atoms with Crippen LogP contribution < -0.4 is 0 Å². The number of carbonyl (C=O) groups excluding carboxylic acids is 1. The van der Waals surface area contributed by atoms with Gasteiger partial charge in [0, 0.05) is 13.0 Å². The third-order valence-corrected chi connectivity index (χ3v) is 9.28. The molecule has 4 heteroatoms. The summed E-state index contributed by atoms with van der Waals surface area (Å²) in [5.41, 5.74) is 0. The van der Waals surface area contributed by atoms with Crippen molar-refractivity contribution >= 4 is 14.2 Å². The second kappa shape index (κ2) is 6.92. The summed E-state index contributed by atoms with van der Waals surface area (Å²) in [6.07, 6.45) is 5.96. The standard InChI is InChI=1S/C17H31NO2Si/c1-8-10-14-15(20-21(6,7)17(3,4)5)11-12-16(19)18(14)13-9-2/h8-9,14-15H,1-2,10-13H2,3-7H3/t14-,15-/m0/s1. The fourth-order valence-corrected chi connectivity index (χ4v) is 3.89. The summed E-state index contributed by atoms with van der Waals surface area (Å²) in [7, 11) is -1.84. The van der Waals surface area contributed by atoms with Gasteiger partial charge in [0.15, 0.2) is 8.32 Å². The number of rotatable bonds is 6. The van der Waals surface area contributed by atoms with E-state index in [1.807, 2.05) is 11.0 Å². The Hall–Kier alpha value is -0.873. The van der Waals surface area contributed by atoms with Crippen molar-refractivity contribution < 1.29 is 9.22 Å². The molecule has 1 aliphatic heterocycles. The van der Waals surface area contributed by atoms with Crippen LogP contribution in [-0.2, 0) is 9.22 Å². The van der Waals surface area contributed by atoms with Crippen molar-refractivity contribution in [3.63, 3.8) is 0 Å². The minimum absolute atomic E-state index is 0.0934. The van der Waals surface area contributed by atoms with E-state index in [1.165, 1.54) is 0 Å². The maximum Gasteiger partial charge on any atom is 0.223 e. The molecule has 0 saturated carbocycles. The van der Waals surface area contributed by atoms with Gasteiger partial charge in [-0.3, -0.25) is 4.79 Å². The summed E-state index contributed by atoms with van der Waals surface area (Å²) in [4.78, 5) is 14.1. The first kappa shape index (κ1) is 18.2. The van der Waals surface area contributed by atoms with Crippen molar-refractivity contribution in [1.29, 1.82) is 0 Å². The molecule has 0 aromatic heterocycles. The second-order valence-corrected chi connectivity index (χ2v) is 12.1. The predicted octanol–water partition coefficient (Wildman–Crippen LogP) is 4.13. The largest absolute Gasteiger partial charge is 0.412 e. The Balaban J connectivity index is 2.96. The third-order valence-electron chi connectivity index (χ3n) is 4.78. The molecule has 0 N–H and O–H groups in total.